The van der Waals surface area contributed by atoms with Crippen molar-refractivity contribution in [1.29, 1.82) is 0 Å². The molecule has 1 amide bonds. The highest BCUT2D eigenvalue weighted by molar-refractivity contribution is 7.99. The number of furan rings is 1. The summed E-state index contributed by atoms with van der Waals surface area (Å²) in [5.74, 6) is 0.799. The van der Waals surface area contributed by atoms with Crippen molar-refractivity contribution in [3.63, 3.8) is 0 Å². The number of thiophene rings is 2. The van der Waals surface area contributed by atoms with E-state index in [1.54, 1.807) is 33.6 Å². The van der Waals surface area contributed by atoms with Crippen LogP contribution < -0.4 is 0 Å². The molecule has 5 rings (SSSR count). The minimum Gasteiger partial charge on any atom is -0.467 e. The van der Waals surface area contributed by atoms with Gasteiger partial charge in [0.15, 0.2) is 0 Å². The third-order valence-corrected chi connectivity index (χ3v) is 7.27. The number of aromatic nitrogens is 4. The lowest BCUT2D eigenvalue weighted by Crippen LogP contribution is -2.28. The van der Waals surface area contributed by atoms with Crippen molar-refractivity contribution in [3.8, 4) is 0 Å². The maximum absolute atomic E-state index is 13.1. The Bertz CT molecular complexity index is 1140. The van der Waals surface area contributed by atoms with Crippen LogP contribution in [-0.4, -0.2) is 42.6 Å². The number of hydrogen-bond donors (Lipinski definition) is 0. The van der Waals surface area contributed by atoms with Crippen molar-refractivity contribution in [2.75, 3.05) is 5.75 Å². The topological polar surface area (TPSA) is 89.4 Å². The molecule has 30 heavy (non-hydrogen) atoms. The Hall–Kier alpha value is -2.76. The first kappa shape index (κ1) is 19.2. The van der Waals surface area contributed by atoms with Crippen LogP contribution in [0, 0.1) is 0 Å². The fourth-order valence-corrected chi connectivity index (χ4v) is 5.31. The van der Waals surface area contributed by atoms with Gasteiger partial charge in [-0.2, -0.15) is 5.10 Å². The Morgan fingerprint density at radius 3 is 2.87 bits per heavy atom. The van der Waals surface area contributed by atoms with Crippen LogP contribution >= 0.6 is 34.4 Å². The highest BCUT2D eigenvalue weighted by atomic mass is 32.2. The van der Waals surface area contributed by atoms with Gasteiger partial charge in [-0.15, -0.1) is 27.8 Å². The Labute approximate surface area is 184 Å². The molecule has 0 saturated carbocycles. The number of rotatable bonds is 7. The number of tetrazole rings is 1. The highest BCUT2D eigenvalue weighted by Gasteiger charge is 2.35. The summed E-state index contributed by atoms with van der Waals surface area (Å²) in [6.07, 6.45) is 2.25. The highest BCUT2D eigenvalue weighted by Crippen LogP contribution is 2.34. The number of hydrogen-bond acceptors (Lipinski definition) is 9. The number of nitrogens with zero attached hydrogens (tertiary/aromatic N) is 6. The number of carbonyl (C=O) groups excluding carboxylic acids is 1. The van der Waals surface area contributed by atoms with Crippen LogP contribution in [0.15, 0.2) is 68.1 Å². The molecule has 0 spiro atoms. The Morgan fingerprint density at radius 1 is 1.20 bits per heavy atom. The van der Waals surface area contributed by atoms with Crippen molar-refractivity contribution >= 4 is 46.1 Å². The van der Waals surface area contributed by atoms with Gasteiger partial charge >= 0.3 is 0 Å². The van der Waals surface area contributed by atoms with Gasteiger partial charge in [-0.25, -0.2) is 9.69 Å². The molecule has 0 aliphatic carbocycles. The fraction of sp³-hybridized carbons (Fsp3) is 0.211. The van der Waals surface area contributed by atoms with E-state index in [1.165, 1.54) is 16.8 Å². The molecule has 0 radical (unpaired) electrons. The van der Waals surface area contributed by atoms with Crippen molar-refractivity contribution < 1.29 is 9.21 Å². The molecule has 0 unspecified atom stereocenters. The predicted octanol–water partition coefficient (Wildman–Crippen LogP) is 3.91. The molecule has 0 bridgehead atoms. The maximum atomic E-state index is 13.1. The van der Waals surface area contributed by atoms with Gasteiger partial charge in [0.05, 0.1) is 29.1 Å². The van der Waals surface area contributed by atoms with Crippen molar-refractivity contribution in [3.05, 3.63) is 68.9 Å². The summed E-state index contributed by atoms with van der Waals surface area (Å²) in [7, 11) is 0. The van der Waals surface area contributed by atoms with E-state index in [9.17, 15) is 4.79 Å². The third kappa shape index (κ3) is 3.95. The molecular weight excluding hydrogens is 440 g/mol. The van der Waals surface area contributed by atoms with Crippen molar-refractivity contribution in [1.82, 2.24) is 25.2 Å². The van der Waals surface area contributed by atoms with Gasteiger partial charge in [0, 0.05) is 11.3 Å². The first-order valence-electron chi connectivity index (χ1n) is 9.16. The Balaban J connectivity index is 1.31. The van der Waals surface area contributed by atoms with Crippen LogP contribution in [0.4, 0.5) is 0 Å². The van der Waals surface area contributed by atoms with Gasteiger partial charge < -0.3 is 4.42 Å². The molecular formula is C19H16N6O2S3. The van der Waals surface area contributed by atoms with E-state index in [-0.39, 0.29) is 17.7 Å². The lowest BCUT2D eigenvalue weighted by Gasteiger charge is -2.19. The van der Waals surface area contributed by atoms with Crippen molar-refractivity contribution in [2.24, 2.45) is 5.10 Å². The molecule has 1 atom stereocenters. The van der Waals surface area contributed by atoms with E-state index < -0.39 is 0 Å². The van der Waals surface area contributed by atoms with Gasteiger partial charge in [0.25, 0.3) is 5.91 Å². The summed E-state index contributed by atoms with van der Waals surface area (Å²) in [6.45, 7) is 0.584. The molecule has 0 fully saturated rings. The Kier molecular flexibility index (Phi) is 5.47. The van der Waals surface area contributed by atoms with Crippen LogP contribution in [0.3, 0.4) is 0 Å². The third-order valence-electron chi connectivity index (χ3n) is 4.55. The zero-order valence-electron chi connectivity index (χ0n) is 15.6. The van der Waals surface area contributed by atoms with Crippen LogP contribution in [0.5, 0.6) is 0 Å². The fourth-order valence-electron chi connectivity index (χ4n) is 3.18. The number of amides is 1. The molecule has 1 aliphatic heterocycles. The van der Waals surface area contributed by atoms with E-state index in [0.29, 0.717) is 18.1 Å². The van der Waals surface area contributed by atoms with E-state index in [0.717, 1.165) is 21.2 Å². The SMILES string of the molecule is O=C(CSc1nnnn1Cc1cccs1)N1N=C(c2cccs2)C[C@H]1c1ccco1. The second-order valence-corrected chi connectivity index (χ2v) is 9.41. The molecule has 152 valence electrons. The summed E-state index contributed by atoms with van der Waals surface area (Å²) < 4.78 is 7.29. The molecule has 8 nitrogen and oxygen atoms in total. The molecule has 5 heterocycles. The van der Waals surface area contributed by atoms with Crippen LogP contribution in [0.2, 0.25) is 0 Å². The number of hydrazone groups is 1. The van der Waals surface area contributed by atoms with Crippen LogP contribution in [0.1, 0.15) is 28.0 Å². The van der Waals surface area contributed by atoms with Gasteiger partial charge in [-0.05, 0) is 45.5 Å². The first-order chi connectivity index (χ1) is 14.8. The van der Waals surface area contributed by atoms with E-state index in [4.69, 9.17) is 4.42 Å². The summed E-state index contributed by atoms with van der Waals surface area (Å²) in [5, 5.41) is 22.7. The summed E-state index contributed by atoms with van der Waals surface area (Å²) in [6, 6.07) is 11.5. The summed E-state index contributed by atoms with van der Waals surface area (Å²) in [4.78, 5) is 15.3. The van der Waals surface area contributed by atoms with Crippen LogP contribution in [-0.2, 0) is 11.3 Å². The zero-order chi connectivity index (χ0) is 20.3. The lowest BCUT2D eigenvalue weighted by atomic mass is 10.1. The molecule has 0 saturated heterocycles. The minimum atomic E-state index is -0.243. The quantitative estimate of drug-likeness (QED) is 0.392. The molecule has 4 aromatic rings. The summed E-state index contributed by atoms with van der Waals surface area (Å²) in [5.41, 5.74) is 0.896. The van der Waals surface area contributed by atoms with Gasteiger partial charge in [0.1, 0.15) is 11.8 Å². The smallest absolute Gasteiger partial charge is 0.253 e. The molecule has 4 aromatic heterocycles. The van der Waals surface area contributed by atoms with Crippen molar-refractivity contribution in [2.45, 2.75) is 24.2 Å². The van der Waals surface area contributed by atoms with Gasteiger partial charge in [-0.1, -0.05) is 23.9 Å². The minimum absolute atomic E-state index is 0.112. The first-order valence-corrected chi connectivity index (χ1v) is 11.9. The normalized spacial score (nSPS) is 16.2. The molecule has 0 N–H and O–H groups in total. The maximum Gasteiger partial charge on any atom is 0.253 e. The largest absolute Gasteiger partial charge is 0.467 e. The monoisotopic (exact) mass is 456 g/mol. The summed E-state index contributed by atoms with van der Waals surface area (Å²) >= 11 is 4.57. The van der Waals surface area contributed by atoms with Gasteiger partial charge in [0.2, 0.25) is 5.16 Å². The second-order valence-electron chi connectivity index (χ2n) is 6.48. The van der Waals surface area contributed by atoms with E-state index in [2.05, 4.69) is 20.6 Å². The van der Waals surface area contributed by atoms with Crippen LogP contribution in [0.25, 0.3) is 0 Å². The Morgan fingerprint density at radius 2 is 2.10 bits per heavy atom. The predicted molar refractivity (Wildman–Crippen MR) is 116 cm³/mol. The average molecular weight is 457 g/mol. The lowest BCUT2D eigenvalue weighted by molar-refractivity contribution is -0.130. The standard InChI is InChI=1S/C19H16N6O2S3/c26-18(12-30-19-20-22-23-24(19)11-13-4-2-8-28-13)25-15(16-5-1-7-27-16)10-14(21-25)17-6-3-9-29-17/h1-9,15H,10-12H2/t15-/m0/s1. The van der Waals surface area contributed by atoms with E-state index in [1.807, 2.05) is 47.2 Å². The molecule has 11 heteroatoms. The van der Waals surface area contributed by atoms with E-state index >= 15 is 0 Å². The molecule has 1 aliphatic rings. The zero-order valence-corrected chi connectivity index (χ0v) is 18.1. The number of thioether (sulfide) groups is 1. The number of carbonyl (C=O) groups is 1. The molecule has 0 aromatic carbocycles. The second kappa shape index (κ2) is 8.54. The average Bonchev–Trinajstić information content (AvgIpc) is 3.57. The van der Waals surface area contributed by atoms with Gasteiger partial charge in [-0.3, -0.25) is 4.79 Å².